The molecule has 0 radical (unpaired) electrons. The smallest absolute Gasteiger partial charge is 0.336 e. The van der Waals surface area contributed by atoms with Crippen molar-refractivity contribution in [2.75, 3.05) is 26.2 Å². The lowest BCUT2D eigenvalue weighted by Gasteiger charge is -2.18. The second-order valence-corrected chi connectivity index (χ2v) is 9.21. The Balaban J connectivity index is 0.000000383. The summed E-state index contributed by atoms with van der Waals surface area (Å²) in [6.45, 7) is 8.16. The Morgan fingerprint density at radius 3 is 1.61 bits per heavy atom. The standard InChI is InChI=1S/C26H29NO.C6H8O7/c1-3-27(4-2)19-20-28-25-17-15-22(16-18-25)21-26(23-11-7-5-8-12-23)24-13-9-6-10-14-24;7-3(8)1-6(13,5(11)12)2-4(9)10/h5-18,21H,3-4,19-20H2,1-2H3;13H,1-2H2,(H,7,8)(H,9,10)(H,11,12). The third kappa shape index (κ3) is 11.3. The quantitative estimate of drug-likeness (QED) is 0.204. The normalized spacial score (nSPS) is 10.7. The number of likely N-dealkylation sites (N-methyl/N-ethyl adjacent to an activating group) is 1. The summed E-state index contributed by atoms with van der Waals surface area (Å²) in [7, 11) is 0. The van der Waals surface area contributed by atoms with Crippen LogP contribution < -0.4 is 4.74 Å². The lowest BCUT2D eigenvalue weighted by molar-refractivity contribution is -0.170. The third-order valence-electron chi connectivity index (χ3n) is 6.22. The zero-order chi connectivity index (χ0) is 30.3. The van der Waals surface area contributed by atoms with Gasteiger partial charge in [-0.1, -0.05) is 86.6 Å². The summed E-state index contributed by atoms with van der Waals surface area (Å²) in [5.41, 5.74) is 2.08. The highest BCUT2D eigenvalue weighted by Gasteiger charge is 2.40. The van der Waals surface area contributed by atoms with E-state index in [-0.39, 0.29) is 0 Å². The second kappa shape index (κ2) is 16.6. The van der Waals surface area contributed by atoms with Gasteiger partial charge in [-0.25, -0.2) is 4.79 Å². The van der Waals surface area contributed by atoms with Crippen LogP contribution in [0.1, 0.15) is 43.4 Å². The van der Waals surface area contributed by atoms with E-state index in [1.807, 2.05) is 0 Å². The first-order valence-electron chi connectivity index (χ1n) is 13.2. The van der Waals surface area contributed by atoms with E-state index in [0.717, 1.165) is 32.0 Å². The maximum absolute atomic E-state index is 10.3. The molecule has 0 aromatic heterocycles. The van der Waals surface area contributed by atoms with E-state index >= 15 is 0 Å². The molecule has 4 N–H and O–H groups in total. The molecule has 0 saturated heterocycles. The van der Waals surface area contributed by atoms with Crippen LogP contribution in [-0.4, -0.2) is 75.1 Å². The molecule has 0 atom stereocenters. The SMILES string of the molecule is CCN(CC)CCOc1ccc(C=C(c2ccccc2)c2ccccc2)cc1.O=C(O)CC(O)(CC(=O)O)C(=O)O. The molecule has 3 rings (SSSR count). The Morgan fingerprint density at radius 2 is 1.22 bits per heavy atom. The van der Waals surface area contributed by atoms with E-state index < -0.39 is 36.4 Å². The van der Waals surface area contributed by atoms with Gasteiger partial charge in [-0.3, -0.25) is 9.59 Å². The van der Waals surface area contributed by atoms with Gasteiger partial charge in [-0.2, -0.15) is 0 Å². The summed E-state index contributed by atoms with van der Waals surface area (Å²) in [4.78, 5) is 32.8. The lowest BCUT2D eigenvalue weighted by atomic mass is 9.96. The summed E-state index contributed by atoms with van der Waals surface area (Å²) < 4.78 is 5.91. The number of benzene rings is 3. The number of carbonyl (C=O) groups is 3. The van der Waals surface area contributed by atoms with Crippen LogP contribution in [0, 0.1) is 0 Å². The number of hydrogen-bond donors (Lipinski definition) is 4. The first kappa shape index (κ1) is 32.7. The Bertz CT molecular complexity index is 1210. The molecule has 0 spiro atoms. The van der Waals surface area contributed by atoms with Crippen molar-refractivity contribution in [3.8, 4) is 5.75 Å². The summed E-state index contributed by atoms with van der Waals surface area (Å²) in [5, 5.41) is 33.8. The predicted molar refractivity (Wildman–Crippen MR) is 157 cm³/mol. The van der Waals surface area contributed by atoms with Gasteiger partial charge in [-0.15, -0.1) is 0 Å². The fourth-order valence-electron chi connectivity index (χ4n) is 3.94. The van der Waals surface area contributed by atoms with E-state index in [0.29, 0.717) is 0 Å². The van der Waals surface area contributed by atoms with Gasteiger partial charge < -0.3 is 30.1 Å². The van der Waals surface area contributed by atoms with Crippen LogP contribution in [0.25, 0.3) is 11.6 Å². The van der Waals surface area contributed by atoms with Crippen LogP contribution in [0.2, 0.25) is 0 Å². The number of carboxylic acids is 3. The van der Waals surface area contributed by atoms with E-state index in [4.69, 9.17) is 25.2 Å². The number of nitrogens with zero attached hydrogens (tertiary/aromatic N) is 1. The third-order valence-corrected chi connectivity index (χ3v) is 6.22. The number of rotatable bonds is 14. The van der Waals surface area contributed by atoms with Crippen molar-refractivity contribution in [1.82, 2.24) is 4.90 Å². The molecular weight excluding hydrogens is 526 g/mol. The highest BCUT2D eigenvalue weighted by atomic mass is 16.5. The first-order chi connectivity index (χ1) is 19.6. The van der Waals surface area contributed by atoms with Crippen LogP contribution in [0.5, 0.6) is 5.75 Å². The molecule has 0 heterocycles. The van der Waals surface area contributed by atoms with Crippen LogP contribution in [0.15, 0.2) is 84.9 Å². The molecule has 41 heavy (non-hydrogen) atoms. The minimum Gasteiger partial charge on any atom is -0.492 e. The van der Waals surface area contributed by atoms with E-state index in [9.17, 15) is 14.4 Å². The van der Waals surface area contributed by atoms with Gasteiger partial charge in [-0.05, 0) is 53.6 Å². The molecule has 3 aromatic carbocycles. The minimum absolute atomic E-state index is 0.718. The lowest BCUT2D eigenvalue weighted by Crippen LogP contribution is -2.42. The number of aliphatic carboxylic acids is 3. The maximum Gasteiger partial charge on any atom is 0.336 e. The first-order valence-corrected chi connectivity index (χ1v) is 13.2. The molecule has 0 aliphatic carbocycles. The Kier molecular flexibility index (Phi) is 13.2. The molecule has 0 aliphatic heterocycles. The van der Waals surface area contributed by atoms with Crippen molar-refractivity contribution < 1.29 is 39.5 Å². The van der Waals surface area contributed by atoms with Crippen LogP contribution in [0.3, 0.4) is 0 Å². The van der Waals surface area contributed by atoms with E-state index in [1.54, 1.807) is 0 Å². The fraction of sp³-hybridized carbons (Fsp3) is 0.281. The predicted octanol–water partition coefficient (Wildman–Crippen LogP) is 4.75. The highest BCUT2D eigenvalue weighted by molar-refractivity contribution is 5.91. The molecule has 0 aliphatic rings. The van der Waals surface area contributed by atoms with E-state index in [2.05, 4.69) is 110 Å². The molecule has 0 saturated carbocycles. The number of aliphatic hydroxyl groups is 1. The van der Waals surface area contributed by atoms with Gasteiger partial charge >= 0.3 is 17.9 Å². The van der Waals surface area contributed by atoms with Crippen LogP contribution in [-0.2, 0) is 14.4 Å². The molecular formula is C32H37NO8. The van der Waals surface area contributed by atoms with Gasteiger partial charge in [0.2, 0.25) is 0 Å². The Labute approximate surface area is 240 Å². The molecule has 3 aromatic rings. The Morgan fingerprint density at radius 1 is 0.756 bits per heavy atom. The largest absolute Gasteiger partial charge is 0.492 e. The molecule has 9 heteroatoms. The van der Waals surface area contributed by atoms with Crippen molar-refractivity contribution >= 4 is 29.6 Å². The van der Waals surface area contributed by atoms with Crippen molar-refractivity contribution in [3.05, 3.63) is 102 Å². The minimum atomic E-state index is -2.74. The van der Waals surface area contributed by atoms with Crippen molar-refractivity contribution in [2.45, 2.75) is 32.3 Å². The van der Waals surface area contributed by atoms with Crippen molar-refractivity contribution in [1.29, 1.82) is 0 Å². The average molecular weight is 564 g/mol. The Hall–Kier alpha value is -4.47. The number of hydrogen-bond acceptors (Lipinski definition) is 6. The molecule has 0 bridgehead atoms. The van der Waals surface area contributed by atoms with Crippen LogP contribution in [0.4, 0.5) is 0 Å². The number of ether oxygens (including phenoxy) is 1. The van der Waals surface area contributed by atoms with Crippen molar-refractivity contribution in [2.24, 2.45) is 0 Å². The van der Waals surface area contributed by atoms with Gasteiger partial charge in [0.15, 0.2) is 5.60 Å². The monoisotopic (exact) mass is 563 g/mol. The second-order valence-electron chi connectivity index (χ2n) is 9.21. The summed E-state index contributed by atoms with van der Waals surface area (Å²) >= 11 is 0. The van der Waals surface area contributed by atoms with Gasteiger partial charge in [0.05, 0.1) is 12.8 Å². The summed E-state index contributed by atoms with van der Waals surface area (Å²) in [5.74, 6) is -4.10. The average Bonchev–Trinajstić information content (AvgIpc) is 2.95. The molecule has 218 valence electrons. The van der Waals surface area contributed by atoms with Gasteiger partial charge in [0.25, 0.3) is 0 Å². The molecule has 9 nitrogen and oxygen atoms in total. The topological polar surface area (TPSA) is 145 Å². The highest BCUT2D eigenvalue weighted by Crippen LogP contribution is 2.26. The van der Waals surface area contributed by atoms with Gasteiger partial charge in [0, 0.05) is 6.54 Å². The molecule has 0 unspecified atom stereocenters. The number of carboxylic acid groups (broad SMARTS) is 3. The van der Waals surface area contributed by atoms with E-state index in [1.165, 1.54) is 22.3 Å². The fourth-order valence-corrected chi connectivity index (χ4v) is 3.94. The zero-order valence-corrected chi connectivity index (χ0v) is 23.3. The van der Waals surface area contributed by atoms with Gasteiger partial charge in [0.1, 0.15) is 12.4 Å². The van der Waals surface area contributed by atoms with Crippen molar-refractivity contribution in [3.63, 3.8) is 0 Å². The van der Waals surface area contributed by atoms with Crippen LogP contribution >= 0.6 is 0 Å². The maximum atomic E-state index is 10.3. The zero-order valence-electron chi connectivity index (χ0n) is 23.3. The molecule has 0 fully saturated rings. The summed E-state index contributed by atoms with van der Waals surface area (Å²) in [6.07, 6.45) is -0.0480. The summed E-state index contributed by atoms with van der Waals surface area (Å²) in [6, 6.07) is 29.4. The molecule has 0 amide bonds.